The SMILES string of the molecule is COc1ccc(C=Cc2nc3sc(=Cc4ccc(C)o4)c(=O)n3n2)cc1. The zero-order chi connectivity index (χ0) is 18.1. The van der Waals surface area contributed by atoms with Crippen molar-refractivity contribution >= 4 is 34.5 Å². The van der Waals surface area contributed by atoms with Crippen LogP contribution in [-0.2, 0) is 0 Å². The van der Waals surface area contributed by atoms with Crippen molar-refractivity contribution < 1.29 is 9.15 Å². The van der Waals surface area contributed by atoms with Gasteiger partial charge < -0.3 is 9.15 Å². The lowest BCUT2D eigenvalue weighted by Crippen LogP contribution is -2.23. The third-order valence-electron chi connectivity index (χ3n) is 3.77. The van der Waals surface area contributed by atoms with Crippen molar-refractivity contribution in [3.63, 3.8) is 0 Å². The van der Waals surface area contributed by atoms with E-state index >= 15 is 0 Å². The topological polar surface area (TPSA) is 69.6 Å². The number of furan rings is 1. The van der Waals surface area contributed by atoms with E-state index in [2.05, 4.69) is 10.1 Å². The maximum atomic E-state index is 12.5. The van der Waals surface area contributed by atoms with E-state index < -0.39 is 0 Å². The first-order valence-electron chi connectivity index (χ1n) is 7.92. The van der Waals surface area contributed by atoms with Crippen molar-refractivity contribution in [2.24, 2.45) is 0 Å². The van der Waals surface area contributed by atoms with Crippen molar-refractivity contribution in [2.75, 3.05) is 7.11 Å². The van der Waals surface area contributed by atoms with Gasteiger partial charge in [-0.2, -0.15) is 9.50 Å². The molecule has 0 fully saturated rings. The molecular formula is C19H15N3O3S. The number of ether oxygens (including phenoxy) is 1. The van der Waals surface area contributed by atoms with Crippen LogP contribution >= 0.6 is 11.3 Å². The lowest BCUT2D eigenvalue weighted by atomic mass is 10.2. The summed E-state index contributed by atoms with van der Waals surface area (Å²) in [5.74, 6) is 2.73. The minimum Gasteiger partial charge on any atom is -0.497 e. The Morgan fingerprint density at radius 1 is 1.15 bits per heavy atom. The Labute approximate surface area is 152 Å². The number of rotatable bonds is 4. The molecule has 0 atom stereocenters. The summed E-state index contributed by atoms with van der Waals surface area (Å²) in [6.07, 6.45) is 5.38. The second-order valence-electron chi connectivity index (χ2n) is 5.64. The molecule has 0 amide bonds. The van der Waals surface area contributed by atoms with Crippen molar-refractivity contribution in [2.45, 2.75) is 6.92 Å². The fraction of sp³-hybridized carbons (Fsp3) is 0.105. The van der Waals surface area contributed by atoms with E-state index in [4.69, 9.17) is 9.15 Å². The predicted octanol–water partition coefficient (Wildman–Crippen LogP) is 2.78. The van der Waals surface area contributed by atoms with Gasteiger partial charge in [0.05, 0.1) is 7.11 Å². The first-order valence-corrected chi connectivity index (χ1v) is 8.74. The van der Waals surface area contributed by atoms with Crippen LogP contribution in [0.2, 0.25) is 0 Å². The van der Waals surface area contributed by atoms with E-state index in [9.17, 15) is 4.79 Å². The van der Waals surface area contributed by atoms with Crippen molar-refractivity contribution in [1.82, 2.24) is 14.6 Å². The molecule has 0 aliphatic rings. The largest absolute Gasteiger partial charge is 0.497 e. The van der Waals surface area contributed by atoms with Crippen molar-refractivity contribution in [3.8, 4) is 5.75 Å². The molecule has 0 bridgehead atoms. The number of hydrogen-bond acceptors (Lipinski definition) is 6. The number of thiazole rings is 1. The first kappa shape index (κ1) is 16.3. The normalized spacial score (nSPS) is 12.5. The second-order valence-corrected chi connectivity index (χ2v) is 6.64. The molecule has 130 valence electrons. The Morgan fingerprint density at radius 2 is 1.96 bits per heavy atom. The van der Waals surface area contributed by atoms with Gasteiger partial charge in [-0.15, -0.1) is 5.10 Å². The van der Waals surface area contributed by atoms with Crippen LogP contribution in [0.5, 0.6) is 5.75 Å². The number of methoxy groups -OCH3 is 1. The van der Waals surface area contributed by atoms with Gasteiger partial charge >= 0.3 is 0 Å². The number of aromatic nitrogens is 3. The van der Waals surface area contributed by atoms with Gasteiger partial charge in [-0.05, 0) is 42.8 Å². The van der Waals surface area contributed by atoms with Gasteiger partial charge in [-0.1, -0.05) is 29.5 Å². The average Bonchev–Trinajstić information content (AvgIpc) is 3.31. The summed E-state index contributed by atoms with van der Waals surface area (Å²) < 4.78 is 12.5. The Morgan fingerprint density at radius 3 is 2.62 bits per heavy atom. The average molecular weight is 365 g/mol. The van der Waals surface area contributed by atoms with Gasteiger partial charge in [0, 0.05) is 6.08 Å². The summed E-state index contributed by atoms with van der Waals surface area (Å²) in [5.41, 5.74) is 0.796. The summed E-state index contributed by atoms with van der Waals surface area (Å²) in [5, 5.41) is 4.27. The van der Waals surface area contributed by atoms with E-state index in [-0.39, 0.29) is 5.56 Å². The van der Waals surface area contributed by atoms with E-state index in [1.807, 2.05) is 49.4 Å². The molecule has 0 aliphatic carbocycles. The fourth-order valence-corrected chi connectivity index (χ4v) is 3.36. The van der Waals surface area contributed by atoms with Crippen LogP contribution in [0.25, 0.3) is 23.2 Å². The lowest BCUT2D eigenvalue weighted by molar-refractivity contribution is 0.415. The van der Waals surface area contributed by atoms with Gasteiger partial charge in [0.2, 0.25) is 4.96 Å². The lowest BCUT2D eigenvalue weighted by Gasteiger charge is -1.98. The number of benzene rings is 1. The molecule has 0 N–H and O–H groups in total. The maximum Gasteiger partial charge on any atom is 0.291 e. The highest BCUT2D eigenvalue weighted by Crippen LogP contribution is 2.13. The Balaban J connectivity index is 1.63. The Kier molecular flexibility index (Phi) is 4.14. The molecule has 0 radical (unpaired) electrons. The molecule has 3 aromatic heterocycles. The van der Waals surface area contributed by atoms with Gasteiger partial charge in [-0.25, -0.2) is 0 Å². The summed E-state index contributed by atoms with van der Waals surface area (Å²) >= 11 is 1.29. The van der Waals surface area contributed by atoms with Crippen LogP contribution < -0.4 is 14.8 Å². The van der Waals surface area contributed by atoms with Crippen molar-refractivity contribution in [3.05, 3.63) is 74.2 Å². The highest BCUT2D eigenvalue weighted by molar-refractivity contribution is 7.15. The molecular weight excluding hydrogens is 350 g/mol. The summed E-state index contributed by atoms with van der Waals surface area (Å²) in [6.45, 7) is 1.86. The molecule has 3 heterocycles. The molecule has 0 aliphatic heterocycles. The highest BCUT2D eigenvalue weighted by atomic mass is 32.1. The minimum absolute atomic E-state index is 0.198. The minimum atomic E-state index is -0.198. The molecule has 0 unspecified atom stereocenters. The molecule has 0 spiro atoms. The van der Waals surface area contributed by atoms with Gasteiger partial charge in [0.25, 0.3) is 5.56 Å². The molecule has 0 saturated carbocycles. The van der Waals surface area contributed by atoms with E-state index in [0.717, 1.165) is 17.1 Å². The molecule has 26 heavy (non-hydrogen) atoms. The standard InChI is InChI=1S/C19H15N3O3S/c1-12-3-7-15(25-12)11-16-18(23)22-19(26-16)20-17(21-22)10-6-13-4-8-14(24-2)9-5-13/h3-11H,1-2H3. The van der Waals surface area contributed by atoms with Crippen molar-refractivity contribution in [1.29, 1.82) is 0 Å². The molecule has 4 rings (SSSR count). The van der Waals surface area contributed by atoms with Gasteiger partial charge in [0.15, 0.2) is 5.82 Å². The number of nitrogens with zero attached hydrogens (tertiary/aromatic N) is 3. The van der Waals surface area contributed by atoms with Crippen LogP contribution in [0.4, 0.5) is 0 Å². The third kappa shape index (κ3) is 3.16. The van der Waals surface area contributed by atoms with Crippen LogP contribution in [0, 0.1) is 6.92 Å². The molecule has 1 aromatic carbocycles. The third-order valence-corrected chi connectivity index (χ3v) is 4.73. The smallest absolute Gasteiger partial charge is 0.291 e. The second kappa shape index (κ2) is 6.61. The first-order chi connectivity index (χ1) is 12.6. The monoisotopic (exact) mass is 365 g/mol. The number of hydrogen-bond donors (Lipinski definition) is 0. The maximum absolute atomic E-state index is 12.5. The van der Waals surface area contributed by atoms with E-state index in [0.29, 0.717) is 21.1 Å². The molecule has 6 nitrogen and oxygen atoms in total. The van der Waals surface area contributed by atoms with Crippen LogP contribution in [0.3, 0.4) is 0 Å². The van der Waals surface area contributed by atoms with E-state index in [1.54, 1.807) is 19.3 Å². The summed E-state index contributed by atoms with van der Waals surface area (Å²) in [7, 11) is 1.63. The van der Waals surface area contributed by atoms with Crippen LogP contribution in [0.15, 0.2) is 45.6 Å². The van der Waals surface area contributed by atoms with Crippen LogP contribution in [-0.4, -0.2) is 21.7 Å². The predicted molar refractivity (Wildman–Crippen MR) is 101 cm³/mol. The highest BCUT2D eigenvalue weighted by Gasteiger charge is 2.09. The quantitative estimate of drug-likeness (QED) is 0.556. The molecule has 4 aromatic rings. The fourth-order valence-electron chi connectivity index (χ4n) is 2.47. The molecule has 7 heteroatoms. The number of aryl methyl sites for hydroxylation is 1. The Bertz CT molecular complexity index is 1200. The summed E-state index contributed by atoms with van der Waals surface area (Å²) in [6, 6.07) is 11.3. The zero-order valence-electron chi connectivity index (χ0n) is 14.2. The zero-order valence-corrected chi connectivity index (χ0v) is 15.0. The van der Waals surface area contributed by atoms with Gasteiger partial charge in [0.1, 0.15) is 21.8 Å². The molecule has 0 saturated heterocycles. The van der Waals surface area contributed by atoms with Gasteiger partial charge in [-0.3, -0.25) is 4.79 Å². The van der Waals surface area contributed by atoms with E-state index in [1.165, 1.54) is 15.9 Å². The number of fused-ring (bicyclic) bond motifs is 1. The Hall–Kier alpha value is -3.19. The summed E-state index contributed by atoms with van der Waals surface area (Å²) in [4.78, 5) is 17.4. The van der Waals surface area contributed by atoms with Crippen LogP contribution in [0.1, 0.15) is 22.9 Å².